The second-order valence-electron chi connectivity index (χ2n) is 1.97. The fourth-order valence-electron chi connectivity index (χ4n) is 0.702. The number of halogens is 1. The van der Waals surface area contributed by atoms with E-state index >= 15 is 0 Å². The van der Waals surface area contributed by atoms with E-state index in [1.807, 2.05) is 6.92 Å². The first kappa shape index (κ1) is 7.35. The molecule has 0 spiro atoms. The van der Waals surface area contributed by atoms with Crippen molar-refractivity contribution in [1.82, 2.24) is 4.98 Å². The van der Waals surface area contributed by atoms with Crippen LogP contribution < -0.4 is 4.74 Å². The first-order valence-corrected chi connectivity index (χ1v) is 3.28. The van der Waals surface area contributed by atoms with Gasteiger partial charge in [-0.15, -0.1) is 0 Å². The topological polar surface area (TPSA) is 22.1 Å². The molecule has 0 aliphatic rings. The van der Waals surface area contributed by atoms with Crippen molar-refractivity contribution in [3.05, 3.63) is 22.8 Å². The van der Waals surface area contributed by atoms with E-state index < -0.39 is 0 Å². The van der Waals surface area contributed by atoms with E-state index in [1.54, 1.807) is 19.2 Å². The van der Waals surface area contributed by atoms with E-state index in [0.717, 1.165) is 5.69 Å². The molecule has 0 amide bonds. The highest BCUT2D eigenvalue weighted by atomic mass is 35.5. The Morgan fingerprint density at radius 3 is 2.70 bits per heavy atom. The zero-order valence-electron chi connectivity index (χ0n) is 5.89. The summed E-state index contributed by atoms with van der Waals surface area (Å²) in [5.41, 5.74) is 0.865. The molecule has 0 aliphatic carbocycles. The third-order valence-electron chi connectivity index (χ3n) is 1.10. The predicted molar refractivity (Wildman–Crippen MR) is 40.5 cm³/mol. The molecule has 0 unspecified atom stereocenters. The summed E-state index contributed by atoms with van der Waals surface area (Å²) >= 11 is 5.71. The maximum atomic E-state index is 5.71. The van der Waals surface area contributed by atoms with Crippen LogP contribution in [0.4, 0.5) is 0 Å². The van der Waals surface area contributed by atoms with Gasteiger partial charge in [0.1, 0.15) is 0 Å². The van der Waals surface area contributed by atoms with Gasteiger partial charge in [-0.25, -0.2) is 4.98 Å². The number of rotatable bonds is 1. The Bertz CT molecular complexity index is 217. The van der Waals surface area contributed by atoms with Crippen LogP contribution in [0.15, 0.2) is 12.1 Å². The number of nitrogens with zero attached hydrogens (tertiary/aromatic N) is 1. The van der Waals surface area contributed by atoms with Crippen molar-refractivity contribution in [3.8, 4) is 5.88 Å². The number of ether oxygens (including phenoxy) is 1. The van der Waals surface area contributed by atoms with Crippen molar-refractivity contribution < 1.29 is 4.74 Å². The van der Waals surface area contributed by atoms with E-state index in [2.05, 4.69) is 4.98 Å². The molecule has 0 atom stereocenters. The SMILES string of the molecule is COc1cc(Cl)cc(C)n1. The van der Waals surface area contributed by atoms with Crippen LogP contribution in [0.1, 0.15) is 5.69 Å². The van der Waals surface area contributed by atoms with Crippen LogP contribution in [0.5, 0.6) is 5.88 Å². The standard InChI is InChI=1S/C7H8ClNO/c1-5-3-6(8)4-7(9-5)10-2/h3-4H,1-2H3. The summed E-state index contributed by atoms with van der Waals surface area (Å²) in [5.74, 6) is 0.560. The molecule has 0 aromatic carbocycles. The Morgan fingerprint density at radius 1 is 1.50 bits per heavy atom. The number of pyridine rings is 1. The molecule has 0 N–H and O–H groups in total. The molecule has 1 rings (SSSR count). The fraction of sp³-hybridized carbons (Fsp3) is 0.286. The highest BCUT2D eigenvalue weighted by Gasteiger charge is 1.95. The lowest BCUT2D eigenvalue weighted by Crippen LogP contribution is -1.88. The summed E-state index contributed by atoms with van der Waals surface area (Å²) in [6.45, 7) is 1.87. The molecule has 1 aromatic heterocycles. The second kappa shape index (κ2) is 2.88. The van der Waals surface area contributed by atoms with Gasteiger partial charge in [-0.1, -0.05) is 11.6 Å². The van der Waals surface area contributed by atoms with Crippen molar-refractivity contribution in [2.24, 2.45) is 0 Å². The van der Waals surface area contributed by atoms with Crippen molar-refractivity contribution in [2.45, 2.75) is 6.92 Å². The first-order valence-electron chi connectivity index (χ1n) is 2.90. The molecule has 54 valence electrons. The Balaban J connectivity index is 3.06. The molecule has 0 aliphatic heterocycles. The first-order chi connectivity index (χ1) is 4.72. The van der Waals surface area contributed by atoms with E-state index in [1.165, 1.54) is 0 Å². The van der Waals surface area contributed by atoms with Crippen LogP contribution in [0.25, 0.3) is 0 Å². The molecule has 10 heavy (non-hydrogen) atoms. The van der Waals surface area contributed by atoms with E-state index in [4.69, 9.17) is 16.3 Å². The van der Waals surface area contributed by atoms with Gasteiger partial charge in [0, 0.05) is 16.8 Å². The summed E-state index contributed by atoms with van der Waals surface area (Å²) in [6.07, 6.45) is 0. The van der Waals surface area contributed by atoms with Crippen LogP contribution >= 0.6 is 11.6 Å². The zero-order valence-corrected chi connectivity index (χ0v) is 6.64. The van der Waals surface area contributed by atoms with Crippen molar-refractivity contribution in [2.75, 3.05) is 7.11 Å². The molecule has 1 aromatic rings. The van der Waals surface area contributed by atoms with Gasteiger partial charge in [0.2, 0.25) is 5.88 Å². The van der Waals surface area contributed by atoms with E-state index in [9.17, 15) is 0 Å². The summed E-state index contributed by atoms with van der Waals surface area (Å²) in [4.78, 5) is 4.05. The number of methoxy groups -OCH3 is 1. The highest BCUT2D eigenvalue weighted by molar-refractivity contribution is 6.30. The average Bonchev–Trinajstić information content (AvgIpc) is 1.85. The smallest absolute Gasteiger partial charge is 0.214 e. The Morgan fingerprint density at radius 2 is 2.20 bits per heavy atom. The molecular formula is C7H8ClNO. The molecule has 0 fully saturated rings. The molecule has 0 saturated heterocycles. The van der Waals surface area contributed by atoms with Crippen LogP contribution in [0.2, 0.25) is 5.02 Å². The predicted octanol–water partition coefficient (Wildman–Crippen LogP) is 2.05. The van der Waals surface area contributed by atoms with Gasteiger partial charge in [0.25, 0.3) is 0 Å². The van der Waals surface area contributed by atoms with E-state index in [-0.39, 0.29) is 0 Å². The molecule has 0 bridgehead atoms. The second-order valence-corrected chi connectivity index (χ2v) is 2.41. The Labute approximate surface area is 64.8 Å². The molecule has 0 radical (unpaired) electrons. The van der Waals surface area contributed by atoms with Gasteiger partial charge < -0.3 is 4.74 Å². The summed E-state index contributed by atoms with van der Waals surface area (Å²) in [6, 6.07) is 3.46. The van der Waals surface area contributed by atoms with Crippen molar-refractivity contribution in [3.63, 3.8) is 0 Å². The Hall–Kier alpha value is -0.760. The molecule has 0 saturated carbocycles. The molecule has 2 nitrogen and oxygen atoms in total. The largest absolute Gasteiger partial charge is 0.481 e. The van der Waals surface area contributed by atoms with Crippen molar-refractivity contribution in [1.29, 1.82) is 0 Å². The van der Waals surface area contributed by atoms with Gasteiger partial charge in [0.15, 0.2) is 0 Å². The third-order valence-corrected chi connectivity index (χ3v) is 1.32. The third kappa shape index (κ3) is 1.61. The van der Waals surface area contributed by atoms with Crippen LogP contribution in [-0.2, 0) is 0 Å². The minimum atomic E-state index is 0.560. The van der Waals surface area contributed by atoms with Crippen LogP contribution in [0, 0.1) is 6.92 Å². The Kier molecular flexibility index (Phi) is 2.12. The minimum Gasteiger partial charge on any atom is -0.481 e. The van der Waals surface area contributed by atoms with Gasteiger partial charge >= 0.3 is 0 Å². The van der Waals surface area contributed by atoms with Gasteiger partial charge in [-0.05, 0) is 13.0 Å². The molecule has 1 heterocycles. The lowest BCUT2D eigenvalue weighted by molar-refractivity contribution is 0.397. The molecule has 3 heteroatoms. The summed E-state index contributed by atoms with van der Waals surface area (Å²) in [7, 11) is 1.57. The van der Waals surface area contributed by atoms with Crippen molar-refractivity contribution >= 4 is 11.6 Å². The quantitative estimate of drug-likeness (QED) is 0.623. The zero-order chi connectivity index (χ0) is 7.56. The highest BCUT2D eigenvalue weighted by Crippen LogP contribution is 2.15. The average molecular weight is 158 g/mol. The number of hydrogen-bond acceptors (Lipinski definition) is 2. The van der Waals surface area contributed by atoms with Gasteiger partial charge in [0.05, 0.1) is 7.11 Å². The minimum absolute atomic E-state index is 0.560. The maximum absolute atomic E-state index is 5.71. The lowest BCUT2D eigenvalue weighted by Gasteiger charge is -1.99. The number of aromatic nitrogens is 1. The van der Waals surface area contributed by atoms with E-state index in [0.29, 0.717) is 10.9 Å². The maximum Gasteiger partial charge on any atom is 0.214 e. The lowest BCUT2D eigenvalue weighted by atomic mass is 10.4. The number of hydrogen-bond donors (Lipinski definition) is 0. The van der Waals surface area contributed by atoms with Gasteiger partial charge in [-0.2, -0.15) is 0 Å². The normalized spacial score (nSPS) is 9.50. The fourth-order valence-corrected chi connectivity index (χ4v) is 0.953. The van der Waals surface area contributed by atoms with Crippen LogP contribution in [0.3, 0.4) is 0 Å². The monoisotopic (exact) mass is 157 g/mol. The summed E-state index contributed by atoms with van der Waals surface area (Å²) < 4.78 is 4.88. The number of aryl methyl sites for hydroxylation is 1. The molecular weight excluding hydrogens is 150 g/mol. The van der Waals surface area contributed by atoms with Gasteiger partial charge in [-0.3, -0.25) is 0 Å². The van der Waals surface area contributed by atoms with Crippen LogP contribution in [-0.4, -0.2) is 12.1 Å². The summed E-state index contributed by atoms with van der Waals surface area (Å²) in [5, 5.41) is 0.657.